The van der Waals surface area contributed by atoms with Crippen molar-refractivity contribution in [2.45, 2.75) is 24.5 Å². The van der Waals surface area contributed by atoms with Gasteiger partial charge in [0.1, 0.15) is 5.82 Å². The minimum atomic E-state index is 0.109. The molecule has 6 nitrogen and oxygen atoms in total. The number of carbonyl (C=O) groups excluding carboxylic acids is 1. The van der Waals surface area contributed by atoms with Crippen molar-refractivity contribution < 1.29 is 4.79 Å². The Bertz CT molecular complexity index is 1230. The molecule has 2 aromatic carbocycles. The monoisotopic (exact) mass is 443 g/mol. The second kappa shape index (κ2) is 9.04. The Morgan fingerprint density at radius 1 is 1.00 bits per heavy atom. The predicted octanol–water partition coefficient (Wildman–Crippen LogP) is 3.94. The Labute approximate surface area is 191 Å². The molecule has 0 fully saturated rings. The standard InChI is InChI=1S/C25H25N5OS/c1-28-14-7-11-21(28)16-23-26-27-25(30(23)17-19-8-3-2-4-9-19)32-18-24(31)29-15-13-20-10-5-6-12-22(20)29/h2-12,14H,13,15-18H2,1H3. The fourth-order valence-electron chi connectivity index (χ4n) is 4.12. The minimum absolute atomic E-state index is 0.109. The van der Waals surface area contributed by atoms with Gasteiger partial charge in [0.15, 0.2) is 5.16 Å². The number of para-hydroxylation sites is 1. The number of thioether (sulfide) groups is 1. The number of rotatable bonds is 7. The molecule has 0 radical (unpaired) electrons. The molecule has 1 aliphatic heterocycles. The molecule has 162 valence electrons. The summed E-state index contributed by atoms with van der Waals surface area (Å²) in [7, 11) is 2.04. The largest absolute Gasteiger partial charge is 0.354 e. The number of nitrogens with zero attached hydrogens (tertiary/aromatic N) is 5. The van der Waals surface area contributed by atoms with Crippen LogP contribution in [0.5, 0.6) is 0 Å². The van der Waals surface area contributed by atoms with Gasteiger partial charge in [-0.25, -0.2) is 0 Å². The molecule has 0 aliphatic carbocycles. The van der Waals surface area contributed by atoms with Gasteiger partial charge >= 0.3 is 0 Å². The number of amides is 1. The molecule has 1 amide bonds. The van der Waals surface area contributed by atoms with Gasteiger partial charge in [-0.3, -0.25) is 4.79 Å². The van der Waals surface area contributed by atoms with Crippen molar-refractivity contribution in [3.05, 3.63) is 95.6 Å². The highest BCUT2D eigenvalue weighted by molar-refractivity contribution is 7.99. The first-order chi connectivity index (χ1) is 15.7. The van der Waals surface area contributed by atoms with Crippen LogP contribution in [-0.2, 0) is 31.2 Å². The van der Waals surface area contributed by atoms with Gasteiger partial charge in [-0.05, 0) is 35.7 Å². The Morgan fingerprint density at radius 3 is 2.62 bits per heavy atom. The molecule has 0 spiro atoms. The molecule has 0 N–H and O–H groups in total. The van der Waals surface area contributed by atoms with Gasteiger partial charge in [-0.2, -0.15) is 0 Å². The summed E-state index contributed by atoms with van der Waals surface area (Å²) in [5, 5.41) is 9.73. The van der Waals surface area contributed by atoms with E-state index in [4.69, 9.17) is 0 Å². The van der Waals surface area contributed by atoms with E-state index in [1.54, 1.807) is 0 Å². The number of aryl methyl sites for hydroxylation is 1. The number of hydrogen-bond acceptors (Lipinski definition) is 4. The zero-order valence-electron chi connectivity index (χ0n) is 18.0. The van der Waals surface area contributed by atoms with E-state index in [0.717, 1.165) is 29.6 Å². The highest BCUT2D eigenvalue weighted by Gasteiger charge is 2.25. The number of hydrogen-bond donors (Lipinski definition) is 0. The lowest BCUT2D eigenvalue weighted by atomic mass is 10.2. The van der Waals surface area contributed by atoms with Gasteiger partial charge in [-0.1, -0.05) is 60.3 Å². The van der Waals surface area contributed by atoms with E-state index in [0.29, 0.717) is 18.7 Å². The van der Waals surface area contributed by atoms with Gasteiger partial charge in [-0.15, -0.1) is 10.2 Å². The van der Waals surface area contributed by atoms with Crippen LogP contribution in [0.1, 0.15) is 22.6 Å². The number of fused-ring (bicyclic) bond motifs is 1. The number of carbonyl (C=O) groups is 1. The lowest BCUT2D eigenvalue weighted by Crippen LogP contribution is -2.30. The van der Waals surface area contributed by atoms with E-state index in [2.05, 4.69) is 43.6 Å². The molecule has 0 saturated carbocycles. The van der Waals surface area contributed by atoms with Gasteiger partial charge in [0.25, 0.3) is 0 Å². The molecule has 3 heterocycles. The van der Waals surface area contributed by atoms with E-state index in [9.17, 15) is 4.79 Å². The third-order valence-electron chi connectivity index (χ3n) is 5.88. The highest BCUT2D eigenvalue weighted by atomic mass is 32.2. The van der Waals surface area contributed by atoms with Crippen LogP contribution in [0, 0.1) is 0 Å². The molecule has 2 aromatic heterocycles. The summed E-state index contributed by atoms with van der Waals surface area (Å²) in [5.74, 6) is 1.35. The van der Waals surface area contributed by atoms with Crippen molar-refractivity contribution in [1.29, 1.82) is 0 Å². The smallest absolute Gasteiger partial charge is 0.237 e. The Kier molecular flexibility index (Phi) is 5.81. The average Bonchev–Trinajstić information content (AvgIpc) is 3.53. The Hall–Kier alpha value is -3.32. The van der Waals surface area contributed by atoms with E-state index < -0.39 is 0 Å². The average molecular weight is 444 g/mol. The number of benzene rings is 2. The highest BCUT2D eigenvalue weighted by Crippen LogP contribution is 2.29. The lowest BCUT2D eigenvalue weighted by Gasteiger charge is -2.17. The molecular formula is C25H25N5OS. The van der Waals surface area contributed by atoms with E-state index in [-0.39, 0.29) is 5.91 Å². The third-order valence-corrected chi connectivity index (χ3v) is 6.83. The van der Waals surface area contributed by atoms with Crippen molar-refractivity contribution in [3.8, 4) is 0 Å². The summed E-state index contributed by atoms with van der Waals surface area (Å²) >= 11 is 1.46. The Morgan fingerprint density at radius 2 is 1.81 bits per heavy atom. The maximum atomic E-state index is 13.0. The second-order valence-corrected chi connectivity index (χ2v) is 8.91. The summed E-state index contributed by atoms with van der Waals surface area (Å²) in [6, 6.07) is 22.6. The van der Waals surface area contributed by atoms with Crippen LogP contribution in [0.2, 0.25) is 0 Å². The summed E-state index contributed by atoms with van der Waals surface area (Å²) in [5.41, 5.74) is 4.63. The lowest BCUT2D eigenvalue weighted by molar-refractivity contribution is -0.116. The van der Waals surface area contributed by atoms with Crippen molar-refractivity contribution >= 4 is 23.4 Å². The van der Waals surface area contributed by atoms with Gasteiger partial charge in [0, 0.05) is 37.6 Å². The van der Waals surface area contributed by atoms with Gasteiger partial charge in [0.05, 0.1) is 12.3 Å². The molecule has 1 aliphatic rings. The van der Waals surface area contributed by atoms with Gasteiger partial charge in [0.2, 0.25) is 5.91 Å². The molecule has 0 unspecified atom stereocenters. The Balaban J connectivity index is 1.36. The van der Waals surface area contributed by atoms with Crippen LogP contribution in [0.15, 0.2) is 78.1 Å². The van der Waals surface area contributed by atoms with Crippen LogP contribution in [0.25, 0.3) is 0 Å². The first kappa shape index (κ1) is 20.6. The fraction of sp³-hybridized carbons (Fsp3) is 0.240. The van der Waals surface area contributed by atoms with E-state index in [1.165, 1.54) is 28.6 Å². The first-order valence-electron chi connectivity index (χ1n) is 10.8. The fourth-order valence-corrected chi connectivity index (χ4v) is 4.96. The van der Waals surface area contributed by atoms with Crippen molar-refractivity contribution in [1.82, 2.24) is 19.3 Å². The summed E-state index contributed by atoms with van der Waals surface area (Å²) < 4.78 is 4.24. The van der Waals surface area contributed by atoms with E-state index >= 15 is 0 Å². The normalized spacial score (nSPS) is 12.8. The van der Waals surface area contributed by atoms with Crippen LogP contribution in [0.4, 0.5) is 5.69 Å². The number of anilines is 1. The quantitative estimate of drug-likeness (QED) is 0.406. The third kappa shape index (κ3) is 4.21. The maximum absolute atomic E-state index is 13.0. The van der Waals surface area contributed by atoms with Crippen LogP contribution >= 0.6 is 11.8 Å². The van der Waals surface area contributed by atoms with Gasteiger partial charge < -0.3 is 14.0 Å². The van der Waals surface area contributed by atoms with Crippen molar-refractivity contribution in [3.63, 3.8) is 0 Å². The van der Waals surface area contributed by atoms with Crippen molar-refractivity contribution in [2.75, 3.05) is 17.2 Å². The molecule has 32 heavy (non-hydrogen) atoms. The molecule has 0 atom stereocenters. The zero-order valence-corrected chi connectivity index (χ0v) is 18.8. The summed E-state index contributed by atoms with van der Waals surface area (Å²) in [4.78, 5) is 14.9. The zero-order chi connectivity index (χ0) is 21.9. The number of aromatic nitrogens is 4. The SMILES string of the molecule is Cn1cccc1Cc1nnc(SCC(=O)N2CCc3ccccc32)n1Cc1ccccc1. The van der Waals surface area contributed by atoms with Crippen LogP contribution < -0.4 is 4.90 Å². The summed E-state index contributed by atoms with van der Waals surface area (Å²) in [6.07, 6.45) is 3.64. The van der Waals surface area contributed by atoms with Crippen LogP contribution in [0.3, 0.4) is 0 Å². The second-order valence-electron chi connectivity index (χ2n) is 7.97. The molecule has 5 rings (SSSR count). The molecule has 4 aromatic rings. The minimum Gasteiger partial charge on any atom is -0.354 e. The first-order valence-corrected chi connectivity index (χ1v) is 11.7. The topological polar surface area (TPSA) is 56.0 Å². The molecule has 0 bridgehead atoms. The molecule has 0 saturated heterocycles. The molecule has 7 heteroatoms. The summed E-state index contributed by atoms with van der Waals surface area (Å²) in [6.45, 7) is 1.42. The van der Waals surface area contributed by atoms with E-state index in [1.807, 2.05) is 60.6 Å². The maximum Gasteiger partial charge on any atom is 0.237 e. The predicted molar refractivity (Wildman–Crippen MR) is 127 cm³/mol. The van der Waals surface area contributed by atoms with Crippen LogP contribution in [-0.4, -0.2) is 37.5 Å². The molecular weight excluding hydrogens is 418 g/mol. The van der Waals surface area contributed by atoms with Crippen molar-refractivity contribution in [2.24, 2.45) is 7.05 Å².